The zero-order chi connectivity index (χ0) is 13.8. The summed E-state index contributed by atoms with van der Waals surface area (Å²) in [6.07, 6.45) is 3.02. The van der Waals surface area contributed by atoms with Crippen LogP contribution in [0.15, 0.2) is 18.2 Å². The molecule has 2 rings (SSSR count). The average molecular weight is 280 g/mol. The Bertz CT molecular complexity index is 527. The number of piperidine rings is 1. The molecule has 1 aliphatic rings. The van der Waals surface area contributed by atoms with E-state index in [-0.39, 0.29) is 11.7 Å². The van der Waals surface area contributed by atoms with Gasteiger partial charge in [-0.05, 0) is 37.4 Å². The number of hydrogen-bond donors (Lipinski definition) is 0. The van der Waals surface area contributed by atoms with Crippen LogP contribution in [0, 0.1) is 21.4 Å². The minimum absolute atomic E-state index is 0.00997. The van der Waals surface area contributed by atoms with Gasteiger partial charge in [0.05, 0.1) is 22.1 Å². The van der Waals surface area contributed by atoms with E-state index in [4.69, 9.17) is 16.9 Å². The Kier molecular flexibility index (Phi) is 4.35. The lowest BCUT2D eigenvalue weighted by Gasteiger charge is -2.31. The second-order valence-corrected chi connectivity index (χ2v) is 5.05. The van der Waals surface area contributed by atoms with E-state index in [1.54, 1.807) is 6.07 Å². The fraction of sp³-hybridized carbons (Fsp3) is 0.462. The summed E-state index contributed by atoms with van der Waals surface area (Å²) in [6.45, 7) is 1.43. The van der Waals surface area contributed by atoms with E-state index in [2.05, 4.69) is 11.0 Å². The molecule has 1 heterocycles. The summed E-state index contributed by atoms with van der Waals surface area (Å²) in [6, 6.07) is 6.70. The van der Waals surface area contributed by atoms with E-state index >= 15 is 0 Å². The summed E-state index contributed by atoms with van der Waals surface area (Å²) >= 11 is 6.07. The monoisotopic (exact) mass is 279 g/mol. The molecule has 1 unspecified atom stereocenters. The van der Waals surface area contributed by atoms with Crippen LogP contribution in [-0.2, 0) is 6.54 Å². The van der Waals surface area contributed by atoms with Gasteiger partial charge >= 0.3 is 0 Å². The summed E-state index contributed by atoms with van der Waals surface area (Å²) < 4.78 is 0. The Morgan fingerprint density at radius 1 is 1.53 bits per heavy atom. The van der Waals surface area contributed by atoms with Gasteiger partial charge in [-0.1, -0.05) is 11.6 Å². The Morgan fingerprint density at radius 3 is 2.95 bits per heavy atom. The predicted octanol–water partition coefficient (Wildman–Crippen LogP) is 3.13. The number of halogens is 1. The zero-order valence-corrected chi connectivity index (χ0v) is 11.1. The maximum atomic E-state index is 10.6. The van der Waals surface area contributed by atoms with Crippen molar-refractivity contribution in [1.29, 1.82) is 5.26 Å². The molecule has 6 heteroatoms. The quantitative estimate of drug-likeness (QED) is 0.629. The van der Waals surface area contributed by atoms with Crippen molar-refractivity contribution in [2.24, 2.45) is 0 Å². The number of rotatable bonds is 3. The van der Waals surface area contributed by atoms with Gasteiger partial charge in [-0.25, -0.2) is 0 Å². The normalized spacial score (nSPS) is 19.9. The van der Waals surface area contributed by atoms with Crippen LogP contribution in [0.2, 0.25) is 5.02 Å². The first-order valence-corrected chi connectivity index (χ1v) is 6.56. The van der Waals surface area contributed by atoms with Crippen molar-refractivity contribution in [3.8, 4) is 6.07 Å². The van der Waals surface area contributed by atoms with Gasteiger partial charge in [0.25, 0.3) is 5.69 Å². The van der Waals surface area contributed by atoms with Gasteiger partial charge < -0.3 is 0 Å². The number of benzene rings is 1. The van der Waals surface area contributed by atoms with Crippen LogP contribution in [0.25, 0.3) is 0 Å². The van der Waals surface area contributed by atoms with Crippen LogP contribution in [0.5, 0.6) is 0 Å². The maximum Gasteiger partial charge on any atom is 0.270 e. The summed E-state index contributed by atoms with van der Waals surface area (Å²) in [5.41, 5.74) is 0.818. The van der Waals surface area contributed by atoms with Crippen molar-refractivity contribution < 1.29 is 4.92 Å². The van der Waals surface area contributed by atoms with Crippen molar-refractivity contribution in [1.82, 2.24) is 4.90 Å². The lowest BCUT2D eigenvalue weighted by atomic mass is 10.0. The number of nitrogens with zero attached hydrogens (tertiary/aromatic N) is 3. The lowest BCUT2D eigenvalue weighted by molar-refractivity contribution is -0.384. The van der Waals surface area contributed by atoms with Crippen LogP contribution in [-0.4, -0.2) is 22.4 Å². The molecule has 0 bridgehead atoms. The van der Waals surface area contributed by atoms with Gasteiger partial charge in [0.1, 0.15) is 0 Å². The third-order valence-corrected chi connectivity index (χ3v) is 3.74. The molecule has 0 N–H and O–H groups in total. The van der Waals surface area contributed by atoms with Crippen LogP contribution >= 0.6 is 11.6 Å². The number of nitro groups is 1. The highest BCUT2D eigenvalue weighted by Gasteiger charge is 2.23. The average Bonchev–Trinajstić information content (AvgIpc) is 2.41. The molecule has 1 aromatic rings. The van der Waals surface area contributed by atoms with E-state index in [1.165, 1.54) is 12.1 Å². The fourth-order valence-corrected chi connectivity index (χ4v) is 2.56. The van der Waals surface area contributed by atoms with Crippen molar-refractivity contribution in [2.45, 2.75) is 31.8 Å². The standard InChI is InChI=1S/C13H14ClN3O2/c14-13-7-11(17(18)19)5-4-10(13)9-16-6-2-1-3-12(16)8-15/h4-5,7,12H,1-3,6,9H2. The van der Waals surface area contributed by atoms with Gasteiger partial charge in [0, 0.05) is 18.7 Å². The highest BCUT2D eigenvalue weighted by atomic mass is 35.5. The topological polar surface area (TPSA) is 70.2 Å². The van der Waals surface area contributed by atoms with E-state index in [0.717, 1.165) is 31.4 Å². The molecule has 1 saturated heterocycles. The molecule has 0 saturated carbocycles. The largest absolute Gasteiger partial charge is 0.284 e. The van der Waals surface area contributed by atoms with Crippen molar-refractivity contribution in [2.75, 3.05) is 6.54 Å². The zero-order valence-electron chi connectivity index (χ0n) is 10.4. The Morgan fingerprint density at radius 2 is 2.32 bits per heavy atom. The summed E-state index contributed by atoms with van der Waals surface area (Å²) in [5, 5.41) is 20.1. The van der Waals surface area contributed by atoms with E-state index in [9.17, 15) is 10.1 Å². The van der Waals surface area contributed by atoms with E-state index in [0.29, 0.717) is 11.6 Å². The van der Waals surface area contributed by atoms with E-state index < -0.39 is 4.92 Å². The second kappa shape index (κ2) is 6.00. The summed E-state index contributed by atoms with van der Waals surface area (Å²) in [5.74, 6) is 0. The number of nitriles is 1. The molecule has 19 heavy (non-hydrogen) atoms. The Labute approximate surface area is 116 Å². The van der Waals surface area contributed by atoms with Crippen LogP contribution in [0.1, 0.15) is 24.8 Å². The number of nitro benzene ring substituents is 1. The first-order chi connectivity index (χ1) is 9.11. The molecule has 0 aliphatic carbocycles. The molecular formula is C13H14ClN3O2. The molecule has 1 aromatic carbocycles. The Hall–Kier alpha value is -1.64. The van der Waals surface area contributed by atoms with Crippen LogP contribution in [0.3, 0.4) is 0 Å². The number of likely N-dealkylation sites (tertiary alicyclic amines) is 1. The van der Waals surface area contributed by atoms with Gasteiger partial charge in [-0.2, -0.15) is 5.26 Å². The SMILES string of the molecule is N#CC1CCCCN1Cc1ccc([N+](=O)[O-])cc1Cl. The highest BCUT2D eigenvalue weighted by Crippen LogP contribution is 2.26. The van der Waals surface area contributed by atoms with Gasteiger partial charge in [-0.3, -0.25) is 15.0 Å². The highest BCUT2D eigenvalue weighted by molar-refractivity contribution is 6.31. The summed E-state index contributed by atoms with van der Waals surface area (Å²) in [4.78, 5) is 12.3. The third-order valence-electron chi connectivity index (χ3n) is 3.38. The minimum atomic E-state index is -0.464. The summed E-state index contributed by atoms with van der Waals surface area (Å²) in [7, 11) is 0. The van der Waals surface area contributed by atoms with Gasteiger partial charge in [0.15, 0.2) is 0 Å². The molecule has 5 nitrogen and oxygen atoms in total. The lowest BCUT2D eigenvalue weighted by Crippen LogP contribution is -2.37. The van der Waals surface area contributed by atoms with Crippen LogP contribution in [0.4, 0.5) is 5.69 Å². The van der Waals surface area contributed by atoms with Crippen molar-refractivity contribution in [3.63, 3.8) is 0 Å². The maximum absolute atomic E-state index is 10.6. The molecule has 100 valence electrons. The van der Waals surface area contributed by atoms with Crippen LogP contribution < -0.4 is 0 Å². The minimum Gasteiger partial charge on any atom is -0.284 e. The first-order valence-electron chi connectivity index (χ1n) is 6.18. The molecule has 1 atom stereocenters. The second-order valence-electron chi connectivity index (χ2n) is 4.64. The fourth-order valence-electron chi connectivity index (χ4n) is 2.32. The molecule has 0 amide bonds. The van der Waals surface area contributed by atoms with E-state index in [1.807, 2.05) is 0 Å². The molecule has 1 fully saturated rings. The molecule has 0 aromatic heterocycles. The molecule has 1 aliphatic heterocycles. The van der Waals surface area contributed by atoms with Crippen molar-refractivity contribution >= 4 is 17.3 Å². The molecule has 0 radical (unpaired) electrons. The third kappa shape index (κ3) is 3.22. The predicted molar refractivity (Wildman–Crippen MR) is 71.8 cm³/mol. The molecule has 0 spiro atoms. The van der Waals surface area contributed by atoms with Gasteiger partial charge in [0.2, 0.25) is 0 Å². The van der Waals surface area contributed by atoms with Crippen molar-refractivity contribution in [3.05, 3.63) is 38.9 Å². The molecular weight excluding hydrogens is 266 g/mol. The first kappa shape index (κ1) is 13.8. The smallest absolute Gasteiger partial charge is 0.270 e. The Balaban J connectivity index is 2.14. The number of hydrogen-bond acceptors (Lipinski definition) is 4. The number of non-ortho nitro benzene ring substituents is 1. The van der Waals surface area contributed by atoms with Gasteiger partial charge in [-0.15, -0.1) is 0 Å².